The summed E-state index contributed by atoms with van der Waals surface area (Å²) < 4.78 is 0. The fourth-order valence-electron chi connectivity index (χ4n) is 7.71. The van der Waals surface area contributed by atoms with E-state index >= 15 is 0 Å². The molecule has 0 aromatic heterocycles. The zero-order valence-corrected chi connectivity index (χ0v) is 38.6. The molecule has 0 fully saturated rings. The van der Waals surface area contributed by atoms with E-state index in [9.17, 15) is 64.1 Å². The number of fused-ring (bicyclic) bond motifs is 5. The lowest BCUT2D eigenvalue weighted by atomic mass is 9.93. The van der Waals surface area contributed by atoms with Gasteiger partial charge < -0.3 is 51.5 Å². The number of aliphatic hydroxyl groups excluding tert-OH is 1. The van der Waals surface area contributed by atoms with Crippen molar-refractivity contribution in [3.8, 4) is 22.6 Å². The van der Waals surface area contributed by atoms with Gasteiger partial charge >= 0.3 is 11.7 Å². The molecule has 6 amide bonds. The van der Waals surface area contributed by atoms with Crippen molar-refractivity contribution in [2.24, 2.45) is 0 Å². The number of nitro benzene ring substituents is 1. The quantitative estimate of drug-likeness (QED) is 0.0424. The van der Waals surface area contributed by atoms with Gasteiger partial charge in [-0.2, -0.15) is 0 Å². The van der Waals surface area contributed by atoms with Crippen molar-refractivity contribution in [2.75, 3.05) is 27.2 Å². The van der Waals surface area contributed by atoms with Crippen LogP contribution in [0.3, 0.4) is 0 Å². The monoisotopic (exact) mass is 925 g/mol. The highest BCUT2D eigenvalue weighted by atomic mass is 16.6. The molecule has 1 heterocycles. The lowest BCUT2D eigenvalue weighted by Gasteiger charge is -2.30. The number of carboxylic acids is 1. The van der Waals surface area contributed by atoms with Crippen LogP contribution in [-0.2, 0) is 40.0 Å². The van der Waals surface area contributed by atoms with Gasteiger partial charge in [0.25, 0.3) is 0 Å². The average Bonchev–Trinajstić information content (AvgIpc) is 3.27. The Balaban J connectivity index is 1.67. The molecule has 2 aromatic rings. The van der Waals surface area contributed by atoms with Gasteiger partial charge in [-0.25, -0.2) is 4.79 Å². The molecular formula is C46H67N7O13. The molecule has 66 heavy (non-hydrogen) atoms. The average molecular weight is 926 g/mol. The van der Waals surface area contributed by atoms with Crippen molar-refractivity contribution < 1.29 is 58.9 Å². The fraction of sp³-hybridized carbons (Fsp3) is 0.587. The number of phenols is 2. The van der Waals surface area contributed by atoms with Gasteiger partial charge in [-0.15, -0.1) is 0 Å². The Morgan fingerprint density at radius 2 is 1.42 bits per heavy atom. The molecule has 20 heteroatoms. The molecule has 8 N–H and O–H groups in total. The first-order chi connectivity index (χ1) is 31.3. The van der Waals surface area contributed by atoms with Crippen molar-refractivity contribution in [3.63, 3.8) is 0 Å². The number of carboxylic acid groups (broad SMARTS) is 1. The van der Waals surface area contributed by atoms with Crippen molar-refractivity contribution in [2.45, 2.75) is 147 Å². The van der Waals surface area contributed by atoms with Crippen molar-refractivity contribution in [1.82, 2.24) is 31.1 Å². The Kier molecular flexibility index (Phi) is 21.8. The second-order valence-corrected chi connectivity index (χ2v) is 16.9. The maximum Gasteiger partial charge on any atom is 0.326 e. The Morgan fingerprint density at radius 3 is 1.98 bits per heavy atom. The highest BCUT2D eigenvalue weighted by molar-refractivity contribution is 5.96. The maximum atomic E-state index is 13.9. The zero-order chi connectivity index (χ0) is 49.1. The summed E-state index contributed by atoms with van der Waals surface area (Å²) in [5.41, 5.74) is -1.38. The van der Waals surface area contributed by atoms with Crippen LogP contribution in [0.15, 0.2) is 30.3 Å². The summed E-state index contributed by atoms with van der Waals surface area (Å²) in [5, 5.41) is 63.3. The third-order valence-corrected chi connectivity index (χ3v) is 11.8. The number of aliphatic carboxylic acids is 1. The van der Waals surface area contributed by atoms with E-state index in [2.05, 4.69) is 28.2 Å². The van der Waals surface area contributed by atoms with Crippen LogP contribution in [-0.4, -0.2) is 128 Å². The van der Waals surface area contributed by atoms with E-state index in [1.165, 1.54) is 97.5 Å². The first-order valence-electron chi connectivity index (χ1n) is 22.7. The van der Waals surface area contributed by atoms with Gasteiger partial charge in [0.1, 0.15) is 36.0 Å². The number of hydrogen-bond acceptors (Lipinski definition) is 12. The molecule has 0 unspecified atom stereocenters. The third-order valence-electron chi connectivity index (χ3n) is 11.8. The van der Waals surface area contributed by atoms with E-state index in [0.717, 1.165) is 47.6 Å². The predicted octanol–water partition coefficient (Wildman–Crippen LogP) is 3.72. The second-order valence-electron chi connectivity index (χ2n) is 16.9. The smallest absolute Gasteiger partial charge is 0.326 e. The Morgan fingerprint density at radius 1 is 0.833 bits per heavy atom. The normalized spacial score (nSPS) is 17.0. The molecule has 364 valence electrons. The molecule has 0 saturated heterocycles. The van der Waals surface area contributed by atoms with E-state index in [1.807, 2.05) is 0 Å². The minimum absolute atomic E-state index is 0.00151. The number of benzene rings is 2. The van der Waals surface area contributed by atoms with Gasteiger partial charge in [0.15, 0.2) is 0 Å². The van der Waals surface area contributed by atoms with E-state index in [4.69, 9.17) is 0 Å². The minimum atomic E-state index is -1.65. The number of carbonyl (C=O) groups is 7. The summed E-state index contributed by atoms with van der Waals surface area (Å²) in [5.74, 6) is -7.67. The van der Waals surface area contributed by atoms with Gasteiger partial charge in [0.2, 0.25) is 41.2 Å². The summed E-state index contributed by atoms with van der Waals surface area (Å²) in [4.78, 5) is 105. The molecule has 0 saturated carbocycles. The number of aromatic hydroxyl groups is 2. The van der Waals surface area contributed by atoms with Crippen LogP contribution in [0.5, 0.6) is 11.5 Å². The van der Waals surface area contributed by atoms with Crippen molar-refractivity contribution >= 4 is 47.1 Å². The van der Waals surface area contributed by atoms with Gasteiger partial charge in [0, 0.05) is 44.1 Å². The Hall–Kier alpha value is -6.31. The molecule has 5 atom stereocenters. The van der Waals surface area contributed by atoms with Gasteiger partial charge in [-0.1, -0.05) is 90.0 Å². The van der Waals surface area contributed by atoms with E-state index in [0.29, 0.717) is 6.42 Å². The number of carbonyl (C=O) groups excluding carboxylic acids is 6. The summed E-state index contributed by atoms with van der Waals surface area (Å²) in [7, 11) is 2.59. The number of unbranched alkanes of at least 4 members (excludes halogenated alkanes) is 12. The van der Waals surface area contributed by atoms with Crippen LogP contribution in [0.25, 0.3) is 11.1 Å². The van der Waals surface area contributed by atoms with E-state index < -0.39 is 107 Å². The molecule has 0 radical (unpaired) electrons. The van der Waals surface area contributed by atoms with E-state index in [1.54, 1.807) is 0 Å². The van der Waals surface area contributed by atoms with Crippen LogP contribution in [0, 0.1) is 10.1 Å². The number of hydrogen-bond donors (Lipinski definition) is 8. The minimum Gasteiger partial charge on any atom is -0.507 e. The fourth-order valence-corrected chi connectivity index (χ4v) is 7.71. The third kappa shape index (κ3) is 15.7. The van der Waals surface area contributed by atoms with Gasteiger partial charge in [-0.05, 0) is 49.6 Å². The molecule has 2 aromatic carbocycles. The second kappa shape index (κ2) is 26.6. The van der Waals surface area contributed by atoms with Crippen LogP contribution >= 0.6 is 0 Å². The molecule has 3 rings (SSSR count). The molecule has 20 nitrogen and oxygen atoms in total. The number of nitrogens with one attached hydrogen (secondary N) is 4. The van der Waals surface area contributed by atoms with Crippen molar-refractivity contribution in [1.29, 1.82) is 0 Å². The summed E-state index contributed by atoms with van der Waals surface area (Å²) >= 11 is 0. The van der Waals surface area contributed by atoms with E-state index in [-0.39, 0.29) is 34.6 Å². The largest absolute Gasteiger partial charge is 0.507 e. The SMILES string of the molecule is CCCCCCCCCCCCCCCC(=O)N(C)[C@H](CO)C(=O)N[C@H](C)C(=O)NCC(=O)N(C)[C@@H]1C(=O)N[C@@H](C)C(=O)N[C@H](C(=O)O)Cc2cc(c(O)c([N+](=O)[O-])c2)-c2cc1ccc2O. The molecule has 1 aliphatic heterocycles. The summed E-state index contributed by atoms with van der Waals surface area (Å²) in [6, 6.07) is -1.51. The first-order valence-corrected chi connectivity index (χ1v) is 22.7. The lowest BCUT2D eigenvalue weighted by molar-refractivity contribution is -0.385. The number of rotatable bonds is 24. The number of nitrogens with zero attached hydrogens (tertiary/aromatic N) is 3. The number of aliphatic hydroxyl groups is 1. The Labute approximate surface area is 385 Å². The molecule has 1 aliphatic rings. The Bertz CT molecular complexity index is 2050. The van der Waals surface area contributed by atoms with Crippen LogP contribution in [0.1, 0.15) is 128 Å². The topological polar surface area (TPSA) is 298 Å². The highest BCUT2D eigenvalue weighted by Crippen LogP contribution is 2.43. The van der Waals surface area contributed by atoms with Gasteiger partial charge in [0.05, 0.1) is 18.1 Å². The molecule has 0 spiro atoms. The van der Waals surface area contributed by atoms with Crippen LogP contribution < -0.4 is 21.3 Å². The number of amides is 6. The lowest BCUT2D eigenvalue weighted by Crippen LogP contribution is -2.55. The van der Waals surface area contributed by atoms with Crippen LogP contribution in [0.4, 0.5) is 5.69 Å². The predicted molar refractivity (Wildman–Crippen MR) is 243 cm³/mol. The maximum absolute atomic E-state index is 13.9. The highest BCUT2D eigenvalue weighted by Gasteiger charge is 2.35. The summed E-state index contributed by atoms with van der Waals surface area (Å²) in [6.45, 7) is 3.35. The number of phenolic OH excluding ortho intramolecular Hbond substituents is 2. The first kappa shape index (κ1) is 54.0. The van der Waals surface area contributed by atoms with Gasteiger partial charge in [-0.3, -0.25) is 38.9 Å². The standard InChI is InChI=1S/C46H67N7O13/c1-6-7-8-9-10-11-12-13-14-15-16-17-18-19-38(56)51(4)36(27-54)44(61)48-28(2)42(59)47-26-39(57)52(5)40-31-20-21-37(55)32(25-31)33-22-30(24-35(41(33)58)53(65)66)23-34(46(63)64)50-43(60)29(3)49-45(40)62/h20-22,24-25,28-29,34,36,40,54-55,58H,6-19,23,26-27H2,1-5H3,(H,47,59)(H,48,61)(H,49,62)(H,50,60)(H,63,64)/t28-,29+,34+,36-,40+/m1/s1. The number of likely N-dealkylation sites (N-methyl/N-ethyl adjacent to an activating group) is 2. The zero-order valence-electron chi connectivity index (χ0n) is 38.6. The molecule has 0 aliphatic carbocycles. The molecule has 4 bridgehead atoms. The van der Waals surface area contributed by atoms with Crippen molar-refractivity contribution in [3.05, 3.63) is 51.6 Å². The number of nitro groups is 1. The molecular weight excluding hydrogens is 859 g/mol. The summed E-state index contributed by atoms with van der Waals surface area (Å²) in [6.07, 6.45) is 14.6. The van der Waals surface area contributed by atoms with Crippen LogP contribution in [0.2, 0.25) is 0 Å².